The van der Waals surface area contributed by atoms with Crippen molar-refractivity contribution in [1.82, 2.24) is 4.90 Å². The first kappa shape index (κ1) is 21.0. The molecule has 0 radical (unpaired) electrons. The zero-order chi connectivity index (χ0) is 20.8. The highest BCUT2D eigenvalue weighted by atomic mass is 35.5. The van der Waals surface area contributed by atoms with Crippen LogP contribution < -0.4 is 15.0 Å². The number of hydrogen-bond donors (Lipinski definition) is 1. The third-order valence-electron chi connectivity index (χ3n) is 5.00. The molecular formula is C22H26ClN3O3. The van der Waals surface area contributed by atoms with E-state index in [2.05, 4.69) is 10.2 Å². The SMILES string of the molecule is CCCC(=O)N1CCN(c2ccc(Cl)cc2NC(=O)c2ccc(OC)cc2)CC1. The van der Waals surface area contributed by atoms with Crippen LogP contribution in [-0.4, -0.2) is 50.0 Å². The Morgan fingerprint density at radius 1 is 1.07 bits per heavy atom. The van der Waals surface area contributed by atoms with Gasteiger partial charge in [-0.3, -0.25) is 9.59 Å². The van der Waals surface area contributed by atoms with E-state index in [1.54, 1.807) is 37.4 Å². The number of carbonyl (C=O) groups is 2. The quantitative estimate of drug-likeness (QED) is 0.773. The van der Waals surface area contributed by atoms with E-state index in [9.17, 15) is 9.59 Å². The number of halogens is 1. The first-order valence-corrected chi connectivity index (χ1v) is 10.2. The molecule has 3 rings (SSSR count). The molecule has 7 heteroatoms. The Morgan fingerprint density at radius 2 is 1.76 bits per heavy atom. The van der Waals surface area contributed by atoms with Crippen molar-refractivity contribution in [1.29, 1.82) is 0 Å². The van der Waals surface area contributed by atoms with Gasteiger partial charge in [-0.05, 0) is 48.9 Å². The lowest BCUT2D eigenvalue weighted by molar-refractivity contribution is -0.131. The molecule has 2 aromatic carbocycles. The molecule has 29 heavy (non-hydrogen) atoms. The molecule has 1 fully saturated rings. The lowest BCUT2D eigenvalue weighted by atomic mass is 10.1. The van der Waals surface area contributed by atoms with Gasteiger partial charge < -0.3 is 19.9 Å². The fourth-order valence-electron chi connectivity index (χ4n) is 3.39. The Morgan fingerprint density at radius 3 is 2.38 bits per heavy atom. The molecule has 1 N–H and O–H groups in total. The Balaban J connectivity index is 1.73. The fourth-order valence-corrected chi connectivity index (χ4v) is 3.56. The van der Waals surface area contributed by atoms with Crippen molar-refractivity contribution in [3.63, 3.8) is 0 Å². The van der Waals surface area contributed by atoms with Gasteiger partial charge in [-0.1, -0.05) is 18.5 Å². The van der Waals surface area contributed by atoms with Gasteiger partial charge in [-0.15, -0.1) is 0 Å². The van der Waals surface area contributed by atoms with Crippen LogP contribution in [0.5, 0.6) is 5.75 Å². The molecule has 0 aromatic heterocycles. The highest BCUT2D eigenvalue weighted by Crippen LogP contribution is 2.30. The van der Waals surface area contributed by atoms with Crippen molar-refractivity contribution in [2.45, 2.75) is 19.8 Å². The van der Waals surface area contributed by atoms with Crippen molar-refractivity contribution in [2.24, 2.45) is 0 Å². The molecule has 0 saturated carbocycles. The Kier molecular flexibility index (Phi) is 6.99. The zero-order valence-corrected chi connectivity index (χ0v) is 17.5. The second kappa shape index (κ2) is 9.65. The first-order chi connectivity index (χ1) is 14.0. The number of carbonyl (C=O) groups excluding carboxylic acids is 2. The lowest BCUT2D eigenvalue weighted by Crippen LogP contribution is -2.48. The van der Waals surface area contributed by atoms with Gasteiger partial charge in [0.2, 0.25) is 5.91 Å². The Hall–Kier alpha value is -2.73. The van der Waals surface area contributed by atoms with E-state index in [0.29, 0.717) is 54.6 Å². The molecule has 0 atom stereocenters. The van der Waals surface area contributed by atoms with Crippen molar-refractivity contribution in [3.05, 3.63) is 53.1 Å². The van der Waals surface area contributed by atoms with Crippen LogP contribution in [0.1, 0.15) is 30.1 Å². The van der Waals surface area contributed by atoms with E-state index >= 15 is 0 Å². The van der Waals surface area contributed by atoms with Crippen molar-refractivity contribution in [2.75, 3.05) is 43.5 Å². The monoisotopic (exact) mass is 415 g/mol. The van der Waals surface area contributed by atoms with Gasteiger partial charge in [-0.25, -0.2) is 0 Å². The highest BCUT2D eigenvalue weighted by Gasteiger charge is 2.23. The third-order valence-corrected chi connectivity index (χ3v) is 5.23. The van der Waals surface area contributed by atoms with Gasteiger partial charge in [0.05, 0.1) is 18.5 Å². The molecule has 1 aliphatic rings. The van der Waals surface area contributed by atoms with Crippen LogP contribution in [0.2, 0.25) is 5.02 Å². The van der Waals surface area contributed by atoms with E-state index < -0.39 is 0 Å². The van der Waals surface area contributed by atoms with E-state index in [0.717, 1.165) is 12.1 Å². The average Bonchev–Trinajstić information content (AvgIpc) is 2.74. The predicted octanol–water partition coefficient (Wildman–Crippen LogP) is 4.05. The summed E-state index contributed by atoms with van der Waals surface area (Å²) < 4.78 is 5.14. The van der Waals surface area contributed by atoms with Crippen LogP contribution in [0.3, 0.4) is 0 Å². The second-order valence-electron chi connectivity index (χ2n) is 6.96. The summed E-state index contributed by atoms with van der Waals surface area (Å²) in [5.74, 6) is 0.685. The van der Waals surface area contributed by atoms with E-state index in [-0.39, 0.29) is 11.8 Å². The summed E-state index contributed by atoms with van der Waals surface area (Å²) in [6, 6.07) is 12.4. The summed E-state index contributed by atoms with van der Waals surface area (Å²) >= 11 is 6.19. The summed E-state index contributed by atoms with van der Waals surface area (Å²) in [4.78, 5) is 28.9. The molecule has 0 spiro atoms. The maximum absolute atomic E-state index is 12.7. The van der Waals surface area contributed by atoms with Crippen LogP contribution in [0.25, 0.3) is 0 Å². The van der Waals surface area contributed by atoms with Crippen LogP contribution in [0.4, 0.5) is 11.4 Å². The van der Waals surface area contributed by atoms with E-state index in [4.69, 9.17) is 16.3 Å². The summed E-state index contributed by atoms with van der Waals surface area (Å²) in [5.41, 5.74) is 2.09. The minimum Gasteiger partial charge on any atom is -0.497 e. The standard InChI is InChI=1S/C22H26ClN3O3/c1-3-4-21(27)26-13-11-25(12-14-26)20-10-7-17(23)15-19(20)24-22(28)16-5-8-18(29-2)9-6-16/h5-10,15H,3-4,11-14H2,1-2H3,(H,24,28). The summed E-state index contributed by atoms with van der Waals surface area (Å²) in [7, 11) is 1.59. The third kappa shape index (κ3) is 5.21. The number of hydrogen-bond acceptors (Lipinski definition) is 4. The van der Waals surface area contributed by atoms with Gasteiger partial charge in [-0.2, -0.15) is 0 Å². The van der Waals surface area contributed by atoms with Crippen LogP contribution in [0, 0.1) is 0 Å². The van der Waals surface area contributed by atoms with Gasteiger partial charge in [0.25, 0.3) is 5.91 Å². The summed E-state index contributed by atoms with van der Waals surface area (Å²) in [6.07, 6.45) is 1.45. The molecule has 2 aromatic rings. The topological polar surface area (TPSA) is 61.9 Å². The largest absolute Gasteiger partial charge is 0.497 e. The minimum atomic E-state index is -0.215. The van der Waals surface area contributed by atoms with Crippen molar-refractivity contribution < 1.29 is 14.3 Å². The molecule has 1 saturated heterocycles. The normalized spacial score (nSPS) is 13.9. The summed E-state index contributed by atoms with van der Waals surface area (Å²) in [6.45, 7) is 4.78. The molecule has 6 nitrogen and oxygen atoms in total. The van der Waals surface area contributed by atoms with Crippen LogP contribution >= 0.6 is 11.6 Å². The second-order valence-corrected chi connectivity index (χ2v) is 7.40. The van der Waals surface area contributed by atoms with Crippen LogP contribution in [0.15, 0.2) is 42.5 Å². The number of nitrogens with one attached hydrogen (secondary N) is 1. The fraction of sp³-hybridized carbons (Fsp3) is 0.364. The van der Waals surface area contributed by atoms with E-state index in [1.807, 2.05) is 24.0 Å². The number of benzene rings is 2. The molecule has 0 aliphatic carbocycles. The molecular weight excluding hydrogens is 390 g/mol. The molecule has 1 aliphatic heterocycles. The molecule has 154 valence electrons. The molecule has 2 amide bonds. The van der Waals surface area contributed by atoms with Gasteiger partial charge in [0.1, 0.15) is 5.75 Å². The number of ether oxygens (including phenoxy) is 1. The molecule has 1 heterocycles. The first-order valence-electron chi connectivity index (χ1n) is 9.79. The number of nitrogens with zero attached hydrogens (tertiary/aromatic N) is 2. The Bertz CT molecular complexity index is 862. The number of piperazine rings is 1. The maximum atomic E-state index is 12.7. The molecule has 0 bridgehead atoms. The van der Waals surface area contributed by atoms with Gasteiger partial charge in [0, 0.05) is 43.2 Å². The number of rotatable bonds is 6. The highest BCUT2D eigenvalue weighted by molar-refractivity contribution is 6.31. The van der Waals surface area contributed by atoms with Crippen LogP contribution in [-0.2, 0) is 4.79 Å². The van der Waals surface area contributed by atoms with Gasteiger partial charge in [0.15, 0.2) is 0 Å². The number of amides is 2. The smallest absolute Gasteiger partial charge is 0.255 e. The zero-order valence-electron chi connectivity index (χ0n) is 16.8. The average molecular weight is 416 g/mol. The van der Waals surface area contributed by atoms with Crippen molar-refractivity contribution >= 4 is 34.8 Å². The van der Waals surface area contributed by atoms with E-state index in [1.165, 1.54) is 0 Å². The summed E-state index contributed by atoms with van der Waals surface area (Å²) in [5, 5.41) is 3.52. The number of methoxy groups -OCH3 is 1. The lowest BCUT2D eigenvalue weighted by Gasteiger charge is -2.37. The molecule has 0 unspecified atom stereocenters. The van der Waals surface area contributed by atoms with Crippen molar-refractivity contribution in [3.8, 4) is 5.75 Å². The number of anilines is 2. The Labute approximate surface area is 176 Å². The predicted molar refractivity (Wildman–Crippen MR) is 116 cm³/mol. The van der Waals surface area contributed by atoms with Gasteiger partial charge >= 0.3 is 0 Å². The minimum absolute atomic E-state index is 0.205. The maximum Gasteiger partial charge on any atom is 0.255 e.